The van der Waals surface area contributed by atoms with E-state index in [2.05, 4.69) is 0 Å². The summed E-state index contributed by atoms with van der Waals surface area (Å²) >= 11 is 11.9. The van der Waals surface area contributed by atoms with Crippen LogP contribution in [0.5, 0.6) is 0 Å². The van der Waals surface area contributed by atoms with Gasteiger partial charge < -0.3 is 9.67 Å². The quantitative estimate of drug-likeness (QED) is 0.927. The molecule has 4 nitrogen and oxygen atoms in total. The van der Waals surface area contributed by atoms with Gasteiger partial charge in [-0.1, -0.05) is 23.2 Å². The second kappa shape index (κ2) is 5.68. The zero-order chi connectivity index (χ0) is 14.9. The van der Waals surface area contributed by atoms with Crippen LogP contribution in [0, 0.1) is 11.3 Å². The van der Waals surface area contributed by atoms with Crippen LogP contribution in [0.2, 0.25) is 10.0 Å². The number of nitriles is 1. The highest BCUT2D eigenvalue weighted by Crippen LogP contribution is 2.29. The van der Waals surface area contributed by atoms with Crippen molar-refractivity contribution in [1.82, 2.24) is 4.57 Å². The molecular weight excluding hydrogens is 299 g/mol. The Hall–Kier alpha value is -1.80. The molecule has 0 aliphatic heterocycles. The lowest BCUT2D eigenvalue weighted by Gasteiger charge is -2.13. The molecule has 0 saturated carbocycles. The van der Waals surface area contributed by atoms with E-state index in [0.29, 0.717) is 26.9 Å². The van der Waals surface area contributed by atoms with Gasteiger partial charge in [0.25, 0.3) is 5.56 Å². The van der Waals surface area contributed by atoms with E-state index in [4.69, 9.17) is 28.5 Å². The fourth-order valence-corrected chi connectivity index (χ4v) is 2.53. The Bertz CT molecular complexity index is 756. The summed E-state index contributed by atoms with van der Waals surface area (Å²) in [4.78, 5) is 11.9. The van der Waals surface area contributed by atoms with Gasteiger partial charge in [0, 0.05) is 22.7 Å². The predicted octanol–water partition coefficient (Wildman–Crippen LogP) is 2.72. The third-order valence-corrected chi connectivity index (χ3v) is 3.42. The molecule has 1 aromatic heterocycles. The lowest BCUT2D eigenvalue weighted by molar-refractivity contribution is 0.271. The number of aromatic nitrogens is 1. The van der Waals surface area contributed by atoms with Crippen molar-refractivity contribution in [3.63, 3.8) is 0 Å². The number of halogens is 2. The van der Waals surface area contributed by atoms with Gasteiger partial charge in [-0.25, -0.2) is 0 Å². The molecule has 0 fully saturated rings. The largest absolute Gasteiger partial charge is 0.390 e. The Morgan fingerprint density at radius 2 is 1.85 bits per heavy atom. The Labute approximate surface area is 125 Å². The van der Waals surface area contributed by atoms with Gasteiger partial charge in [-0.3, -0.25) is 4.79 Å². The minimum atomic E-state index is -0.451. The average molecular weight is 309 g/mol. The number of aliphatic hydroxyl groups is 1. The molecule has 1 N–H and O–H groups in total. The molecule has 1 aromatic carbocycles. The summed E-state index contributed by atoms with van der Waals surface area (Å²) in [6, 6.07) is 8.19. The normalized spacial score (nSPS) is 10.3. The molecule has 0 aliphatic rings. The fraction of sp³-hybridized carbons (Fsp3) is 0.143. The molecule has 6 heteroatoms. The SMILES string of the molecule is Cn1c(CO)c(-c2cc(Cl)cc(Cl)c2)cc(C#N)c1=O. The second-order valence-electron chi connectivity index (χ2n) is 4.21. The number of hydrogen-bond acceptors (Lipinski definition) is 3. The van der Waals surface area contributed by atoms with Gasteiger partial charge in [0.15, 0.2) is 0 Å². The van der Waals surface area contributed by atoms with E-state index in [1.54, 1.807) is 18.2 Å². The Morgan fingerprint density at radius 1 is 1.25 bits per heavy atom. The van der Waals surface area contributed by atoms with Crippen LogP contribution >= 0.6 is 23.2 Å². The molecule has 2 rings (SSSR count). The third-order valence-electron chi connectivity index (χ3n) is 2.98. The van der Waals surface area contributed by atoms with Crippen molar-refractivity contribution < 1.29 is 5.11 Å². The Balaban J connectivity index is 2.83. The van der Waals surface area contributed by atoms with Crippen LogP contribution < -0.4 is 5.56 Å². The molecule has 0 saturated heterocycles. The summed E-state index contributed by atoms with van der Waals surface area (Å²) < 4.78 is 1.25. The van der Waals surface area contributed by atoms with Gasteiger partial charge in [-0.15, -0.1) is 0 Å². The smallest absolute Gasteiger partial charge is 0.268 e. The minimum Gasteiger partial charge on any atom is -0.390 e. The van der Waals surface area contributed by atoms with E-state index in [1.807, 2.05) is 6.07 Å². The predicted molar refractivity (Wildman–Crippen MR) is 77.8 cm³/mol. The zero-order valence-electron chi connectivity index (χ0n) is 10.5. The summed E-state index contributed by atoms with van der Waals surface area (Å²) in [5, 5.41) is 19.4. The van der Waals surface area contributed by atoms with Crippen molar-refractivity contribution in [2.24, 2.45) is 7.05 Å². The monoisotopic (exact) mass is 308 g/mol. The van der Waals surface area contributed by atoms with Crippen molar-refractivity contribution in [3.05, 3.63) is 55.9 Å². The van der Waals surface area contributed by atoms with Crippen LogP contribution in [0.3, 0.4) is 0 Å². The van der Waals surface area contributed by atoms with E-state index < -0.39 is 5.56 Å². The van der Waals surface area contributed by atoms with Gasteiger partial charge in [0.05, 0.1) is 12.3 Å². The van der Waals surface area contributed by atoms with E-state index in [1.165, 1.54) is 17.7 Å². The summed E-state index contributed by atoms with van der Waals surface area (Å²) in [6.45, 7) is -0.336. The van der Waals surface area contributed by atoms with Crippen LogP contribution in [0.15, 0.2) is 29.1 Å². The first kappa shape index (κ1) is 14.6. The van der Waals surface area contributed by atoms with Crippen LogP contribution in [0.4, 0.5) is 0 Å². The maximum Gasteiger partial charge on any atom is 0.268 e. The summed E-state index contributed by atoms with van der Waals surface area (Å²) in [7, 11) is 1.50. The Morgan fingerprint density at radius 3 is 2.35 bits per heavy atom. The molecule has 2 aromatic rings. The lowest BCUT2D eigenvalue weighted by atomic mass is 10.0. The van der Waals surface area contributed by atoms with Crippen LogP contribution in [-0.4, -0.2) is 9.67 Å². The van der Waals surface area contributed by atoms with Gasteiger partial charge >= 0.3 is 0 Å². The van der Waals surface area contributed by atoms with Gasteiger partial charge in [-0.2, -0.15) is 5.26 Å². The molecule has 0 atom stereocenters. The molecule has 1 heterocycles. The summed E-state index contributed by atoms with van der Waals surface area (Å²) in [5.41, 5.74) is 1.13. The molecule has 0 unspecified atom stereocenters. The zero-order valence-corrected chi connectivity index (χ0v) is 12.0. The number of hydrogen-bond donors (Lipinski definition) is 1. The average Bonchev–Trinajstić information content (AvgIpc) is 2.40. The van der Waals surface area contributed by atoms with Gasteiger partial charge in [-0.05, 0) is 29.8 Å². The maximum absolute atomic E-state index is 11.9. The molecule has 0 aliphatic carbocycles. The number of benzene rings is 1. The molecular formula is C14H10Cl2N2O2. The van der Waals surface area contributed by atoms with Gasteiger partial charge in [0.2, 0.25) is 0 Å². The number of rotatable bonds is 2. The van der Waals surface area contributed by atoms with Crippen LogP contribution in [-0.2, 0) is 13.7 Å². The van der Waals surface area contributed by atoms with E-state index in [9.17, 15) is 9.90 Å². The molecule has 20 heavy (non-hydrogen) atoms. The molecule has 0 bridgehead atoms. The standard InChI is InChI=1S/C14H10Cl2N2O2/c1-18-13(7-19)12(4-9(6-17)14(18)20)8-2-10(15)5-11(16)3-8/h2-5,19H,7H2,1H3. The van der Waals surface area contributed by atoms with E-state index in [-0.39, 0.29) is 12.2 Å². The second-order valence-corrected chi connectivity index (χ2v) is 5.08. The van der Waals surface area contributed by atoms with Gasteiger partial charge in [0.1, 0.15) is 11.6 Å². The first-order valence-electron chi connectivity index (χ1n) is 5.68. The van der Waals surface area contributed by atoms with Crippen LogP contribution in [0.25, 0.3) is 11.1 Å². The van der Waals surface area contributed by atoms with E-state index >= 15 is 0 Å². The van der Waals surface area contributed by atoms with Crippen molar-refractivity contribution in [2.75, 3.05) is 0 Å². The van der Waals surface area contributed by atoms with Crippen molar-refractivity contribution in [2.45, 2.75) is 6.61 Å². The fourth-order valence-electron chi connectivity index (χ4n) is 2.00. The highest BCUT2D eigenvalue weighted by molar-refractivity contribution is 6.35. The van der Waals surface area contributed by atoms with Crippen molar-refractivity contribution in [3.8, 4) is 17.2 Å². The highest BCUT2D eigenvalue weighted by atomic mass is 35.5. The molecule has 0 radical (unpaired) electrons. The molecule has 0 spiro atoms. The molecule has 0 amide bonds. The topological polar surface area (TPSA) is 66.0 Å². The first-order valence-corrected chi connectivity index (χ1v) is 6.44. The Kier molecular flexibility index (Phi) is 4.15. The lowest BCUT2D eigenvalue weighted by Crippen LogP contribution is -2.23. The van der Waals surface area contributed by atoms with E-state index in [0.717, 1.165) is 0 Å². The first-order chi connectivity index (χ1) is 9.47. The summed E-state index contributed by atoms with van der Waals surface area (Å²) in [5.74, 6) is 0. The molecule has 102 valence electrons. The van der Waals surface area contributed by atoms with Crippen molar-refractivity contribution >= 4 is 23.2 Å². The number of pyridine rings is 1. The van der Waals surface area contributed by atoms with Crippen molar-refractivity contribution in [1.29, 1.82) is 5.26 Å². The number of nitrogens with zero attached hydrogens (tertiary/aromatic N) is 2. The third kappa shape index (κ3) is 2.56. The number of aliphatic hydroxyl groups excluding tert-OH is 1. The maximum atomic E-state index is 11.9. The van der Waals surface area contributed by atoms with Crippen LogP contribution in [0.1, 0.15) is 11.3 Å². The highest BCUT2D eigenvalue weighted by Gasteiger charge is 2.14. The minimum absolute atomic E-state index is 0.00389. The summed E-state index contributed by atoms with van der Waals surface area (Å²) in [6.07, 6.45) is 0.